The molecule has 0 bridgehead atoms. The largest absolute Gasteiger partial charge is 0.462 e. The van der Waals surface area contributed by atoms with Crippen molar-refractivity contribution in [1.29, 1.82) is 0 Å². The van der Waals surface area contributed by atoms with Gasteiger partial charge in [-0.05, 0) is 61.7 Å². The van der Waals surface area contributed by atoms with E-state index in [9.17, 15) is 19.2 Å². The van der Waals surface area contributed by atoms with Gasteiger partial charge in [-0.2, -0.15) is 15.0 Å². The molecule has 1 heterocycles. The molecule has 0 fully saturated rings. The predicted octanol–water partition coefficient (Wildman–Crippen LogP) is 15.0. The Bertz CT molecular complexity index is 2020. The van der Waals surface area contributed by atoms with E-state index in [-0.39, 0.29) is 71.9 Å². The van der Waals surface area contributed by atoms with Gasteiger partial charge in [0.05, 0.1) is 60.8 Å². The number of aromatic nitrogens is 3. The predicted molar refractivity (Wildman–Crippen MR) is 261 cm³/mol. The van der Waals surface area contributed by atoms with Crippen molar-refractivity contribution < 1.29 is 28.7 Å². The number of carbonyl (C=O) groups is 4. The number of ether oxygens (including phenoxy) is 2. The number of hydrogen-bond donors (Lipinski definition) is 2. The van der Waals surface area contributed by atoms with Crippen LogP contribution in [0.5, 0.6) is 0 Å². The standard InChI is InChI=1S/C48H62Cl5N5O6/c1-4-6-8-10-12-14-16-18-20-22-28-63-47(61)33-24-26-35(49)37(30-33)54-45(59)44(58-56-42-40(52)32(3)39(51)41(53)43(42)57-58)46(60)55-38-31-34(25-27-36(38)50)48(62)64-29-23-21-19-17-15-13-11-9-7-5-2/h24-27,30-31,44H,4-23,28-29H2,1-3H3,(H,54,59)(H,55,60). The van der Waals surface area contributed by atoms with Crippen molar-refractivity contribution in [1.82, 2.24) is 15.0 Å². The van der Waals surface area contributed by atoms with Gasteiger partial charge in [0.15, 0.2) is 0 Å². The Balaban J connectivity index is 1.44. The molecular formula is C48H62Cl5N5O6. The van der Waals surface area contributed by atoms with Crippen LogP contribution in [0.2, 0.25) is 25.1 Å². The van der Waals surface area contributed by atoms with Crippen LogP contribution < -0.4 is 10.6 Å². The third-order valence-corrected chi connectivity index (χ3v) is 13.1. The second kappa shape index (κ2) is 28.4. The molecule has 0 saturated carbocycles. The van der Waals surface area contributed by atoms with Crippen molar-refractivity contribution in [2.24, 2.45) is 0 Å². The lowest BCUT2D eigenvalue weighted by molar-refractivity contribution is -0.129. The van der Waals surface area contributed by atoms with Crippen LogP contribution in [0, 0.1) is 6.92 Å². The maximum absolute atomic E-state index is 14.2. The molecule has 0 unspecified atom stereocenters. The monoisotopic (exact) mass is 979 g/mol. The normalized spacial score (nSPS) is 11.3. The molecule has 3 aromatic carbocycles. The summed E-state index contributed by atoms with van der Waals surface area (Å²) in [5, 5.41) is 14.5. The fourth-order valence-electron chi connectivity index (χ4n) is 7.18. The lowest BCUT2D eigenvalue weighted by atomic mass is 10.1. The van der Waals surface area contributed by atoms with Crippen LogP contribution in [0.3, 0.4) is 0 Å². The summed E-state index contributed by atoms with van der Waals surface area (Å²) in [7, 11) is 0. The van der Waals surface area contributed by atoms with Crippen molar-refractivity contribution in [2.45, 2.75) is 155 Å². The summed E-state index contributed by atoms with van der Waals surface area (Å²) in [5.41, 5.74) is 0.888. The van der Waals surface area contributed by atoms with Crippen molar-refractivity contribution in [3.8, 4) is 0 Å². The van der Waals surface area contributed by atoms with Gasteiger partial charge in [0.2, 0.25) is 6.04 Å². The summed E-state index contributed by atoms with van der Waals surface area (Å²) in [4.78, 5) is 55.4. The van der Waals surface area contributed by atoms with Crippen LogP contribution in [-0.2, 0) is 19.1 Å². The minimum absolute atomic E-state index is 0.0171. The molecular weight excluding hydrogens is 920 g/mol. The highest BCUT2D eigenvalue weighted by Gasteiger charge is 2.34. The lowest BCUT2D eigenvalue weighted by Gasteiger charge is -2.18. The van der Waals surface area contributed by atoms with E-state index < -0.39 is 29.8 Å². The van der Waals surface area contributed by atoms with Crippen LogP contribution in [0.1, 0.15) is 175 Å². The highest BCUT2D eigenvalue weighted by Crippen LogP contribution is 2.38. The number of amides is 2. The van der Waals surface area contributed by atoms with Gasteiger partial charge >= 0.3 is 11.9 Å². The number of nitrogens with one attached hydrogen (secondary N) is 2. The minimum Gasteiger partial charge on any atom is -0.462 e. The first-order valence-corrected chi connectivity index (χ1v) is 24.7. The van der Waals surface area contributed by atoms with Crippen molar-refractivity contribution >= 4 is 104 Å². The molecule has 4 rings (SSSR count). The van der Waals surface area contributed by atoms with Crippen LogP contribution in [-0.4, -0.2) is 52.0 Å². The molecule has 16 heteroatoms. The fraction of sp³-hybridized carbons (Fsp3) is 0.542. The Morgan fingerprint density at radius 1 is 0.531 bits per heavy atom. The number of halogens is 5. The van der Waals surface area contributed by atoms with Gasteiger partial charge in [-0.25, -0.2) is 9.59 Å². The van der Waals surface area contributed by atoms with Crippen molar-refractivity contribution in [2.75, 3.05) is 23.8 Å². The summed E-state index contributed by atoms with van der Waals surface area (Å²) in [5.74, 6) is -3.08. The van der Waals surface area contributed by atoms with Gasteiger partial charge in [0.1, 0.15) is 11.0 Å². The SMILES string of the molecule is CCCCCCCCCCCCOC(=O)c1ccc(Cl)c(NC(=O)C(C(=O)Nc2cc(C(=O)OCCCCCCCCCCCC)ccc2Cl)n2nc3c(Cl)c(C)c(Cl)c(Cl)c3n2)c1. The van der Waals surface area contributed by atoms with Crippen molar-refractivity contribution in [3.05, 3.63) is 78.2 Å². The van der Waals surface area contributed by atoms with Crippen LogP contribution in [0.4, 0.5) is 11.4 Å². The Hall–Kier alpha value is -3.61. The average Bonchev–Trinajstić information content (AvgIpc) is 3.72. The minimum atomic E-state index is -1.84. The van der Waals surface area contributed by atoms with Crippen LogP contribution in [0.25, 0.3) is 11.0 Å². The number of carbonyl (C=O) groups excluding carboxylic acids is 4. The number of anilines is 2. The van der Waals surface area contributed by atoms with E-state index in [1.165, 1.54) is 113 Å². The Kier molecular flexibility index (Phi) is 23.5. The molecule has 0 spiro atoms. The number of esters is 2. The summed E-state index contributed by atoms with van der Waals surface area (Å²) >= 11 is 32.6. The summed E-state index contributed by atoms with van der Waals surface area (Å²) in [6.07, 6.45) is 23.0. The van der Waals surface area contributed by atoms with Gasteiger partial charge in [0, 0.05) is 0 Å². The van der Waals surface area contributed by atoms with Gasteiger partial charge in [-0.3, -0.25) is 9.59 Å². The second-order valence-corrected chi connectivity index (χ2v) is 18.1. The maximum Gasteiger partial charge on any atom is 0.338 e. The van der Waals surface area contributed by atoms with E-state index in [4.69, 9.17) is 67.5 Å². The van der Waals surface area contributed by atoms with E-state index in [2.05, 4.69) is 34.7 Å². The highest BCUT2D eigenvalue weighted by atomic mass is 35.5. The zero-order valence-corrected chi connectivity index (χ0v) is 41.1. The number of unbranched alkanes of at least 4 members (excludes halogenated alkanes) is 18. The van der Waals surface area contributed by atoms with Crippen LogP contribution in [0.15, 0.2) is 36.4 Å². The van der Waals surface area contributed by atoms with Gasteiger partial charge in [-0.15, -0.1) is 0 Å². The highest BCUT2D eigenvalue weighted by molar-refractivity contribution is 6.48. The molecule has 0 aliphatic carbocycles. The lowest BCUT2D eigenvalue weighted by Crippen LogP contribution is -2.37. The fourth-order valence-corrected chi connectivity index (χ4v) is 8.23. The summed E-state index contributed by atoms with van der Waals surface area (Å²) in [6, 6.07) is 6.73. The van der Waals surface area contributed by atoms with Crippen LogP contribution >= 0.6 is 58.0 Å². The molecule has 2 amide bonds. The molecule has 0 atom stereocenters. The van der Waals surface area contributed by atoms with Gasteiger partial charge < -0.3 is 20.1 Å². The molecule has 4 aromatic rings. The molecule has 0 aliphatic heterocycles. The Morgan fingerprint density at radius 2 is 0.891 bits per heavy atom. The van der Waals surface area contributed by atoms with E-state index in [0.717, 1.165) is 56.2 Å². The number of hydrogen-bond acceptors (Lipinski definition) is 8. The first-order chi connectivity index (χ1) is 30.9. The topological polar surface area (TPSA) is 142 Å². The molecule has 0 aliphatic rings. The molecule has 64 heavy (non-hydrogen) atoms. The zero-order valence-electron chi connectivity index (χ0n) is 37.3. The third-order valence-electron chi connectivity index (χ3n) is 11.0. The Morgan fingerprint density at radius 3 is 1.28 bits per heavy atom. The number of nitrogens with zero attached hydrogens (tertiary/aromatic N) is 3. The quantitative estimate of drug-likeness (QED) is 0.0237. The van der Waals surface area contributed by atoms with E-state index in [1.54, 1.807) is 6.92 Å². The maximum atomic E-state index is 14.2. The first kappa shape index (κ1) is 53.0. The van der Waals surface area contributed by atoms with E-state index in [1.807, 2.05) is 0 Å². The summed E-state index contributed by atoms with van der Waals surface area (Å²) in [6.45, 7) is 6.56. The van der Waals surface area contributed by atoms with E-state index in [0.29, 0.717) is 5.56 Å². The Labute approximate surface area is 402 Å². The molecule has 350 valence electrons. The average molecular weight is 982 g/mol. The molecule has 0 radical (unpaired) electrons. The molecule has 2 N–H and O–H groups in total. The van der Waals surface area contributed by atoms with Crippen molar-refractivity contribution in [3.63, 3.8) is 0 Å². The zero-order chi connectivity index (χ0) is 46.4. The first-order valence-electron chi connectivity index (χ1n) is 22.8. The van der Waals surface area contributed by atoms with E-state index >= 15 is 0 Å². The van der Waals surface area contributed by atoms with Gasteiger partial charge in [-0.1, -0.05) is 187 Å². The third kappa shape index (κ3) is 16.4. The molecule has 1 aromatic heterocycles. The number of rotatable bonds is 29. The molecule has 11 nitrogen and oxygen atoms in total. The molecule has 0 saturated heterocycles. The number of fused-ring (bicyclic) bond motifs is 1. The number of benzene rings is 3. The summed E-state index contributed by atoms with van der Waals surface area (Å²) < 4.78 is 11.1. The van der Waals surface area contributed by atoms with Gasteiger partial charge in [0.25, 0.3) is 11.8 Å². The smallest absolute Gasteiger partial charge is 0.338 e. The second-order valence-electron chi connectivity index (χ2n) is 16.2.